The maximum atomic E-state index is 11.6. The molecule has 1 aromatic carbocycles. The average molecular weight is 341 g/mol. The molecular formula is C13H13BrN2O4. The number of benzene rings is 1. The van der Waals surface area contributed by atoms with Crippen molar-refractivity contribution >= 4 is 15.9 Å². The van der Waals surface area contributed by atoms with E-state index in [4.69, 9.17) is 14.2 Å². The van der Waals surface area contributed by atoms with Crippen molar-refractivity contribution in [1.29, 1.82) is 0 Å². The van der Waals surface area contributed by atoms with Crippen LogP contribution in [0.15, 0.2) is 27.6 Å². The second kappa shape index (κ2) is 5.96. The molecule has 0 radical (unpaired) electrons. The minimum absolute atomic E-state index is 0.260. The molecule has 0 bridgehead atoms. The summed E-state index contributed by atoms with van der Waals surface area (Å²) in [4.78, 5) is 18.4. The van der Waals surface area contributed by atoms with Crippen molar-refractivity contribution in [1.82, 2.24) is 9.97 Å². The van der Waals surface area contributed by atoms with Crippen molar-refractivity contribution in [3.8, 4) is 28.6 Å². The first kappa shape index (κ1) is 14.4. The SMILES string of the molecule is COc1cc(-c2ncc(Br)c(=O)[nH]2)cc(OC)c1OC. The molecule has 106 valence electrons. The molecule has 0 fully saturated rings. The smallest absolute Gasteiger partial charge is 0.265 e. The van der Waals surface area contributed by atoms with Crippen LogP contribution in [0.5, 0.6) is 17.2 Å². The molecule has 0 saturated heterocycles. The number of nitrogens with one attached hydrogen (secondary N) is 1. The van der Waals surface area contributed by atoms with E-state index in [9.17, 15) is 4.79 Å². The number of halogens is 1. The lowest BCUT2D eigenvalue weighted by molar-refractivity contribution is 0.324. The number of rotatable bonds is 4. The Bertz CT molecular complexity index is 659. The Labute approximate surface area is 123 Å². The van der Waals surface area contributed by atoms with Crippen LogP contribution in [0.4, 0.5) is 0 Å². The molecule has 2 aromatic rings. The summed E-state index contributed by atoms with van der Waals surface area (Å²) in [5.41, 5.74) is 0.396. The van der Waals surface area contributed by atoms with Crippen LogP contribution < -0.4 is 19.8 Å². The van der Waals surface area contributed by atoms with Crippen LogP contribution in [0.2, 0.25) is 0 Å². The quantitative estimate of drug-likeness (QED) is 0.923. The van der Waals surface area contributed by atoms with E-state index in [-0.39, 0.29) is 5.56 Å². The standard InChI is InChI=1S/C13H13BrN2O4/c1-18-9-4-7(5-10(19-2)11(9)20-3)12-15-6-8(14)13(17)16-12/h4-6H,1-3H3,(H,15,16,17). The Kier molecular flexibility index (Phi) is 4.29. The fourth-order valence-corrected chi connectivity index (χ4v) is 1.95. The fraction of sp³-hybridized carbons (Fsp3) is 0.231. The van der Waals surface area contributed by atoms with E-state index in [1.165, 1.54) is 27.5 Å². The van der Waals surface area contributed by atoms with Gasteiger partial charge in [0.15, 0.2) is 11.5 Å². The molecule has 0 atom stereocenters. The number of hydrogen-bond donors (Lipinski definition) is 1. The number of aromatic amines is 1. The van der Waals surface area contributed by atoms with Crippen molar-refractivity contribution in [2.75, 3.05) is 21.3 Å². The van der Waals surface area contributed by atoms with E-state index in [1.807, 2.05) is 0 Å². The Morgan fingerprint density at radius 3 is 2.15 bits per heavy atom. The lowest BCUT2D eigenvalue weighted by atomic mass is 10.1. The number of H-pyrrole nitrogens is 1. The van der Waals surface area contributed by atoms with Gasteiger partial charge in [-0.25, -0.2) is 4.98 Å². The van der Waals surface area contributed by atoms with Crippen molar-refractivity contribution in [2.45, 2.75) is 0 Å². The first-order valence-corrected chi connectivity index (χ1v) is 6.45. The van der Waals surface area contributed by atoms with E-state index in [0.717, 1.165) is 0 Å². The minimum Gasteiger partial charge on any atom is -0.493 e. The van der Waals surface area contributed by atoms with Crippen molar-refractivity contribution < 1.29 is 14.2 Å². The summed E-state index contributed by atoms with van der Waals surface area (Å²) in [5.74, 6) is 1.88. The van der Waals surface area contributed by atoms with Gasteiger partial charge in [-0.05, 0) is 28.1 Å². The van der Waals surface area contributed by atoms with Gasteiger partial charge in [0.1, 0.15) is 10.3 Å². The van der Waals surface area contributed by atoms with Crippen molar-refractivity contribution in [3.05, 3.63) is 33.2 Å². The highest BCUT2D eigenvalue weighted by molar-refractivity contribution is 9.10. The predicted octanol–water partition coefficient (Wildman–Crippen LogP) is 2.23. The summed E-state index contributed by atoms with van der Waals surface area (Å²) < 4.78 is 16.1. The van der Waals surface area contributed by atoms with Gasteiger partial charge in [0, 0.05) is 11.8 Å². The minimum atomic E-state index is -0.260. The van der Waals surface area contributed by atoms with Gasteiger partial charge in [-0.15, -0.1) is 0 Å². The molecule has 20 heavy (non-hydrogen) atoms. The first-order chi connectivity index (χ1) is 9.60. The van der Waals surface area contributed by atoms with Gasteiger partial charge in [-0.1, -0.05) is 0 Å². The molecule has 0 amide bonds. The second-order valence-electron chi connectivity index (χ2n) is 3.82. The molecule has 0 unspecified atom stereocenters. The third-order valence-corrected chi connectivity index (χ3v) is 3.26. The van der Waals surface area contributed by atoms with Gasteiger partial charge in [-0.2, -0.15) is 0 Å². The summed E-state index contributed by atoms with van der Waals surface area (Å²) in [7, 11) is 4.58. The van der Waals surface area contributed by atoms with Gasteiger partial charge in [-0.3, -0.25) is 4.79 Å². The Balaban J connectivity index is 2.62. The monoisotopic (exact) mass is 340 g/mol. The van der Waals surface area contributed by atoms with Gasteiger partial charge in [0.05, 0.1) is 21.3 Å². The third kappa shape index (κ3) is 2.62. The highest BCUT2D eigenvalue weighted by Gasteiger charge is 2.15. The van der Waals surface area contributed by atoms with Crippen molar-refractivity contribution in [2.24, 2.45) is 0 Å². The number of nitrogens with zero attached hydrogens (tertiary/aromatic N) is 1. The summed E-state index contributed by atoms with van der Waals surface area (Å²) in [6.07, 6.45) is 1.44. The molecule has 1 N–H and O–H groups in total. The second-order valence-corrected chi connectivity index (χ2v) is 4.68. The zero-order chi connectivity index (χ0) is 14.7. The average Bonchev–Trinajstić information content (AvgIpc) is 2.48. The van der Waals surface area contributed by atoms with Crippen LogP contribution in [-0.2, 0) is 0 Å². The topological polar surface area (TPSA) is 73.4 Å². The van der Waals surface area contributed by atoms with Crippen LogP contribution in [0.1, 0.15) is 0 Å². The molecule has 1 heterocycles. The highest BCUT2D eigenvalue weighted by Crippen LogP contribution is 2.40. The number of methoxy groups -OCH3 is 3. The molecule has 1 aromatic heterocycles. The van der Waals surface area contributed by atoms with Crippen LogP contribution >= 0.6 is 15.9 Å². The molecule has 0 aliphatic heterocycles. The molecule has 0 aliphatic rings. The normalized spacial score (nSPS) is 10.2. The maximum absolute atomic E-state index is 11.6. The lowest BCUT2D eigenvalue weighted by Crippen LogP contribution is -2.09. The summed E-state index contributed by atoms with van der Waals surface area (Å²) in [6, 6.07) is 3.43. The van der Waals surface area contributed by atoms with Crippen LogP contribution in [0.3, 0.4) is 0 Å². The molecule has 0 aliphatic carbocycles. The predicted molar refractivity (Wildman–Crippen MR) is 77.6 cm³/mol. The van der Waals surface area contributed by atoms with E-state index < -0.39 is 0 Å². The number of aromatic nitrogens is 2. The van der Waals surface area contributed by atoms with Crippen LogP contribution in [0, 0.1) is 0 Å². The van der Waals surface area contributed by atoms with Gasteiger partial charge >= 0.3 is 0 Å². The first-order valence-electron chi connectivity index (χ1n) is 5.66. The Morgan fingerprint density at radius 1 is 1.10 bits per heavy atom. The zero-order valence-corrected chi connectivity index (χ0v) is 12.8. The van der Waals surface area contributed by atoms with E-state index >= 15 is 0 Å². The number of ether oxygens (including phenoxy) is 3. The molecule has 0 saturated carbocycles. The molecule has 7 heteroatoms. The lowest BCUT2D eigenvalue weighted by Gasteiger charge is -2.13. The van der Waals surface area contributed by atoms with E-state index in [0.29, 0.717) is 33.1 Å². The third-order valence-electron chi connectivity index (χ3n) is 2.69. The van der Waals surface area contributed by atoms with Gasteiger partial charge < -0.3 is 19.2 Å². The van der Waals surface area contributed by atoms with Crippen LogP contribution in [-0.4, -0.2) is 31.3 Å². The molecular weight excluding hydrogens is 328 g/mol. The Hall–Kier alpha value is -2.02. The number of hydrogen-bond acceptors (Lipinski definition) is 5. The molecule has 2 rings (SSSR count). The van der Waals surface area contributed by atoms with Gasteiger partial charge in [0.2, 0.25) is 5.75 Å². The van der Waals surface area contributed by atoms with Crippen molar-refractivity contribution in [3.63, 3.8) is 0 Å². The zero-order valence-electron chi connectivity index (χ0n) is 11.2. The summed E-state index contributed by atoms with van der Waals surface area (Å²) >= 11 is 3.11. The molecule has 0 spiro atoms. The van der Waals surface area contributed by atoms with E-state index in [1.54, 1.807) is 12.1 Å². The fourth-order valence-electron chi connectivity index (χ4n) is 1.74. The molecule has 6 nitrogen and oxygen atoms in total. The largest absolute Gasteiger partial charge is 0.493 e. The summed E-state index contributed by atoms with van der Waals surface area (Å²) in [6.45, 7) is 0. The van der Waals surface area contributed by atoms with E-state index in [2.05, 4.69) is 25.9 Å². The maximum Gasteiger partial charge on any atom is 0.265 e. The van der Waals surface area contributed by atoms with Gasteiger partial charge in [0.25, 0.3) is 5.56 Å². The Morgan fingerprint density at radius 2 is 1.70 bits per heavy atom. The van der Waals surface area contributed by atoms with Crippen LogP contribution in [0.25, 0.3) is 11.4 Å². The summed E-state index contributed by atoms with van der Waals surface area (Å²) in [5, 5.41) is 0. The highest BCUT2D eigenvalue weighted by atomic mass is 79.9.